The Bertz CT molecular complexity index is 1740. The van der Waals surface area contributed by atoms with E-state index >= 15 is 0 Å². The van der Waals surface area contributed by atoms with Crippen molar-refractivity contribution in [1.82, 2.24) is 30.0 Å². The van der Waals surface area contributed by atoms with E-state index in [0.717, 1.165) is 37.7 Å². The first-order chi connectivity index (χ1) is 22.1. The summed E-state index contributed by atoms with van der Waals surface area (Å²) in [6.07, 6.45) is 5.77. The number of likely N-dealkylation sites (tertiary alicyclic amines) is 1. The second-order valence-corrected chi connectivity index (χ2v) is 11.5. The number of ether oxygens (including phenoxy) is 1. The summed E-state index contributed by atoms with van der Waals surface area (Å²) in [7, 11) is 2.08. The fourth-order valence-corrected chi connectivity index (χ4v) is 5.36. The van der Waals surface area contributed by atoms with E-state index in [-0.39, 0.29) is 23.3 Å². The van der Waals surface area contributed by atoms with Gasteiger partial charge in [0.25, 0.3) is 5.91 Å². The van der Waals surface area contributed by atoms with Gasteiger partial charge in [0.2, 0.25) is 5.91 Å². The zero-order valence-electron chi connectivity index (χ0n) is 25.1. The average molecular weight is 635 g/mol. The highest BCUT2D eigenvalue weighted by atomic mass is 19.4. The molecule has 3 aromatic heterocycles. The second kappa shape index (κ2) is 13.2. The summed E-state index contributed by atoms with van der Waals surface area (Å²) >= 11 is 0. The highest BCUT2D eigenvalue weighted by molar-refractivity contribution is 6.03. The lowest BCUT2D eigenvalue weighted by atomic mass is 10.1. The van der Waals surface area contributed by atoms with Crippen molar-refractivity contribution in [3.63, 3.8) is 0 Å². The fourth-order valence-electron chi connectivity index (χ4n) is 5.36. The van der Waals surface area contributed by atoms with Gasteiger partial charge in [-0.2, -0.15) is 18.3 Å². The van der Waals surface area contributed by atoms with Crippen molar-refractivity contribution in [2.75, 3.05) is 37.3 Å². The first kappa shape index (κ1) is 31.0. The topological polar surface area (TPSA) is 128 Å². The summed E-state index contributed by atoms with van der Waals surface area (Å²) < 4.78 is 45.2. The minimum atomic E-state index is -4.55. The van der Waals surface area contributed by atoms with Gasteiger partial charge >= 0.3 is 6.18 Å². The number of aromatic nitrogens is 4. The van der Waals surface area contributed by atoms with Crippen LogP contribution < -0.4 is 15.4 Å². The second-order valence-electron chi connectivity index (χ2n) is 11.5. The third-order valence-corrected chi connectivity index (χ3v) is 7.99. The molecule has 0 unspecified atom stereocenters. The Morgan fingerprint density at radius 3 is 2.65 bits per heavy atom. The largest absolute Gasteiger partial charge is 0.456 e. The molecule has 1 saturated carbocycles. The van der Waals surface area contributed by atoms with Gasteiger partial charge in [0, 0.05) is 61.8 Å². The standard InChI is InChI=1S/C32H33F3N8O3/c1-42(23-8-9-23)16-3-5-27(44)43-17-2-4-22(19-43)38-30-28-25(13-15-37-29(28)40-41-30)46-24-10-6-20(7-11-24)31(45)39-26-18-21(12-14-36-26)32(33,34)35/h3,5-7,10-15,18,22-23H,2,4,8-9,16-17,19H2,1H3,(H,36,39,45)(H2,37,38,40,41)/t22-/m1/s1. The van der Waals surface area contributed by atoms with Gasteiger partial charge in [0.05, 0.1) is 5.56 Å². The SMILES string of the molecule is CN(CC=CC(=O)N1CCC[C@@H](Nc2n[nH]c3nccc(Oc4ccc(C(=O)Nc5cc(C(F)(F)F)ccn5)cc4)c23)C1)C1CC1. The lowest BCUT2D eigenvalue weighted by Gasteiger charge is -2.32. The van der Waals surface area contributed by atoms with E-state index in [1.807, 2.05) is 11.0 Å². The smallest absolute Gasteiger partial charge is 0.416 e. The van der Waals surface area contributed by atoms with Crippen LogP contribution >= 0.6 is 0 Å². The molecule has 2 fully saturated rings. The summed E-state index contributed by atoms with van der Waals surface area (Å²) in [4.78, 5) is 37.8. The maximum absolute atomic E-state index is 13.0. The maximum Gasteiger partial charge on any atom is 0.416 e. The van der Waals surface area contributed by atoms with Crippen LogP contribution in [0.25, 0.3) is 11.0 Å². The first-order valence-electron chi connectivity index (χ1n) is 15.0. The number of nitrogens with one attached hydrogen (secondary N) is 3. The van der Waals surface area contributed by atoms with E-state index in [9.17, 15) is 22.8 Å². The molecule has 1 aliphatic carbocycles. The molecule has 46 heavy (non-hydrogen) atoms. The van der Waals surface area contributed by atoms with Crippen molar-refractivity contribution in [2.24, 2.45) is 0 Å². The van der Waals surface area contributed by atoms with Crippen molar-refractivity contribution < 1.29 is 27.5 Å². The normalized spacial score (nSPS) is 17.1. The summed E-state index contributed by atoms with van der Waals surface area (Å²) in [6, 6.07) is 10.1. The lowest BCUT2D eigenvalue weighted by Crippen LogP contribution is -2.44. The van der Waals surface area contributed by atoms with Crippen molar-refractivity contribution in [2.45, 2.75) is 43.9 Å². The monoisotopic (exact) mass is 634 g/mol. The van der Waals surface area contributed by atoms with Gasteiger partial charge in [0.1, 0.15) is 22.7 Å². The molecule has 4 aromatic rings. The average Bonchev–Trinajstić information content (AvgIpc) is 3.82. The van der Waals surface area contributed by atoms with Crippen LogP contribution in [0.5, 0.6) is 11.5 Å². The Morgan fingerprint density at radius 1 is 1.11 bits per heavy atom. The number of anilines is 2. The molecular formula is C32H33F3N8O3. The number of pyridine rings is 2. The first-order valence-corrected chi connectivity index (χ1v) is 15.0. The van der Waals surface area contributed by atoms with Crippen molar-refractivity contribution in [3.8, 4) is 11.5 Å². The molecule has 0 bridgehead atoms. The van der Waals surface area contributed by atoms with E-state index in [1.54, 1.807) is 30.5 Å². The number of benzene rings is 1. The highest BCUT2D eigenvalue weighted by Crippen LogP contribution is 2.34. The number of fused-ring (bicyclic) bond motifs is 1. The van der Waals surface area contributed by atoms with E-state index in [1.165, 1.54) is 25.0 Å². The molecular weight excluding hydrogens is 601 g/mol. The fraction of sp³-hybridized carbons (Fsp3) is 0.344. The number of carbonyl (C=O) groups is 2. The van der Waals surface area contributed by atoms with Crippen molar-refractivity contribution in [3.05, 3.63) is 78.1 Å². The number of hydrogen-bond acceptors (Lipinski definition) is 8. The molecule has 1 atom stereocenters. The predicted molar refractivity (Wildman–Crippen MR) is 166 cm³/mol. The number of hydrogen-bond donors (Lipinski definition) is 3. The molecule has 14 heteroatoms. The number of H-pyrrole nitrogens is 1. The number of nitrogens with zero attached hydrogens (tertiary/aromatic N) is 5. The summed E-state index contributed by atoms with van der Waals surface area (Å²) in [6.45, 7) is 1.99. The summed E-state index contributed by atoms with van der Waals surface area (Å²) in [5, 5.41) is 13.8. The molecule has 11 nitrogen and oxygen atoms in total. The van der Waals surface area contributed by atoms with Crippen LogP contribution in [0.3, 0.4) is 0 Å². The minimum absolute atomic E-state index is 0.00325. The van der Waals surface area contributed by atoms with Crippen LogP contribution in [0.2, 0.25) is 0 Å². The summed E-state index contributed by atoms with van der Waals surface area (Å²) in [5.74, 6) is 0.602. The van der Waals surface area contributed by atoms with Gasteiger partial charge in [0.15, 0.2) is 11.5 Å². The number of rotatable bonds is 10. The van der Waals surface area contributed by atoms with Crippen LogP contribution in [0, 0.1) is 0 Å². The number of likely N-dealkylation sites (N-methyl/N-ethyl adjacent to an activating group) is 1. The lowest BCUT2D eigenvalue weighted by molar-refractivity contribution is -0.137. The molecule has 0 radical (unpaired) electrons. The molecule has 4 heterocycles. The van der Waals surface area contributed by atoms with Crippen LogP contribution in [0.1, 0.15) is 41.6 Å². The third kappa shape index (κ3) is 7.45. The van der Waals surface area contributed by atoms with Gasteiger partial charge in [-0.25, -0.2) is 9.97 Å². The number of piperidine rings is 1. The number of carbonyl (C=O) groups excluding carboxylic acids is 2. The molecule has 240 valence electrons. The minimum Gasteiger partial charge on any atom is -0.456 e. The van der Waals surface area contributed by atoms with Crippen LogP contribution in [-0.2, 0) is 11.0 Å². The van der Waals surface area contributed by atoms with E-state index < -0.39 is 17.6 Å². The van der Waals surface area contributed by atoms with Gasteiger partial charge in [-0.05, 0) is 69.1 Å². The molecule has 0 spiro atoms. The van der Waals surface area contributed by atoms with Crippen LogP contribution in [-0.4, -0.2) is 80.5 Å². The number of halogens is 3. The highest BCUT2D eigenvalue weighted by Gasteiger charge is 2.31. The van der Waals surface area contributed by atoms with Crippen molar-refractivity contribution >= 4 is 34.5 Å². The zero-order chi connectivity index (χ0) is 32.3. The van der Waals surface area contributed by atoms with Crippen molar-refractivity contribution in [1.29, 1.82) is 0 Å². The molecule has 2 amide bonds. The Labute approximate surface area is 262 Å². The predicted octanol–water partition coefficient (Wildman–Crippen LogP) is 5.47. The molecule has 1 saturated heterocycles. The summed E-state index contributed by atoms with van der Waals surface area (Å²) in [5.41, 5.74) is -0.193. The molecule has 1 aromatic carbocycles. The van der Waals surface area contributed by atoms with Crippen LogP contribution in [0.15, 0.2) is 67.0 Å². The number of alkyl halides is 3. The molecule has 6 rings (SSSR count). The Balaban J connectivity index is 1.09. The molecule has 3 N–H and O–H groups in total. The number of aromatic amines is 1. The Kier molecular flexibility index (Phi) is 8.88. The zero-order valence-corrected chi connectivity index (χ0v) is 25.1. The van der Waals surface area contributed by atoms with E-state index in [0.29, 0.717) is 47.5 Å². The molecule has 1 aliphatic heterocycles. The quantitative estimate of drug-likeness (QED) is 0.196. The van der Waals surface area contributed by atoms with E-state index in [4.69, 9.17) is 4.74 Å². The van der Waals surface area contributed by atoms with Gasteiger partial charge < -0.3 is 20.3 Å². The third-order valence-electron chi connectivity index (χ3n) is 7.99. The van der Waals surface area contributed by atoms with Gasteiger partial charge in [-0.15, -0.1) is 0 Å². The van der Waals surface area contributed by atoms with Crippen LogP contribution in [0.4, 0.5) is 24.8 Å². The Morgan fingerprint density at radius 2 is 1.89 bits per heavy atom. The number of amides is 2. The maximum atomic E-state index is 13.0. The van der Waals surface area contributed by atoms with Gasteiger partial charge in [-0.1, -0.05) is 6.08 Å². The Hall–Kier alpha value is -4.98. The van der Waals surface area contributed by atoms with Gasteiger partial charge in [-0.3, -0.25) is 19.6 Å². The van der Waals surface area contributed by atoms with E-state index in [2.05, 4.69) is 42.7 Å². The molecule has 2 aliphatic rings.